The fourth-order valence-corrected chi connectivity index (χ4v) is 5.04. The van der Waals surface area contributed by atoms with E-state index in [1.54, 1.807) is 36.4 Å². The lowest BCUT2D eigenvalue weighted by molar-refractivity contribution is -0.137. The molecule has 0 saturated heterocycles. The number of amides is 2. The Balaban J connectivity index is 1.25. The molecule has 1 fully saturated rings. The molecule has 0 atom stereocenters. The van der Waals surface area contributed by atoms with E-state index in [4.69, 9.17) is 11.6 Å². The van der Waals surface area contributed by atoms with Crippen LogP contribution in [0.25, 0.3) is 10.9 Å². The molecule has 0 spiro atoms. The van der Waals surface area contributed by atoms with Gasteiger partial charge in [-0.25, -0.2) is 8.78 Å². The van der Waals surface area contributed by atoms with Gasteiger partial charge in [0.15, 0.2) is 6.29 Å². The molecule has 8 nitrogen and oxygen atoms in total. The molecular formula is C28H24ClF2N5O3S. The van der Waals surface area contributed by atoms with Crippen LogP contribution in [0.4, 0.5) is 14.5 Å². The highest BCUT2D eigenvalue weighted by Gasteiger charge is 2.34. The number of fused-ring (bicyclic) bond motifs is 1. The van der Waals surface area contributed by atoms with Crippen LogP contribution in [0.1, 0.15) is 28.9 Å². The lowest BCUT2D eigenvalue weighted by atomic mass is 10.2. The average molecular weight is 584 g/mol. The van der Waals surface area contributed by atoms with Gasteiger partial charge in [0, 0.05) is 34.1 Å². The van der Waals surface area contributed by atoms with Crippen LogP contribution in [0.15, 0.2) is 65.6 Å². The Hall–Kier alpha value is -3.96. The van der Waals surface area contributed by atoms with E-state index in [0.29, 0.717) is 22.9 Å². The summed E-state index contributed by atoms with van der Waals surface area (Å²) in [5.41, 5.74) is 1.71. The zero-order valence-electron chi connectivity index (χ0n) is 21.1. The molecule has 1 heterocycles. The van der Waals surface area contributed by atoms with Gasteiger partial charge in [0.25, 0.3) is 0 Å². The van der Waals surface area contributed by atoms with Gasteiger partial charge in [-0.05, 0) is 73.3 Å². The summed E-state index contributed by atoms with van der Waals surface area (Å²) < 4.78 is 31.9. The lowest BCUT2D eigenvalue weighted by Gasteiger charge is -2.22. The highest BCUT2D eigenvalue weighted by Crippen LogP contribution is 2.29. The fraction of sp³-hybridized carbons (Fsp3) is 0.214. The first-order chi connectivity index (χ1) is 19.3. The van der Waals surface area contributed by atoms with Gasteiger partial charge in [-0.2, -0.15) is 5.10 Å². The molecule has 3 aromatic carbocycles. The molecule has 0 aliphatic heterocycles. The minimum atomic E-state index is -0.594. The standard InChI is InChI=1S/C28H24ClF2N5O3S/c29-23-3-1-2-17(28(23)31)13-32-26(38)14-35(20-7-8-20)27(39)15-36-25-11-6-19(12-22(25)24(16-37)33-36)34-40-21-9-4-18(30)5-10-21/h1-6,9-12,16,20,34H,7-8,13-15H2,(H,32,38). The van der Waals surface area contributed by atoms with E-state index >= 15 is 0 Å². The van der Waals surface area contributed by atoms with E-state index in [9.17, 15) is 23.2 Å². The number of aromatic nitrogens is 2. The summed E-state index contributed by atoms with van der Waals surface area (Å²) in [5, 5.41) is 7.50. The first kappa shape index (κ1) is 27.6. The summed E-state index contributed by atoms with van der Waals surface area (Å²) >= 11 is 7.09. The number of rotatable bonds is 11. The predicted molar refractivity (Wildman–Crippen MR) is 149 cm³/mol. The molecule has 0 radical (unpaired) electrons. The van der Waals surface area contributed by atoms with Crippen LogP contribution in [-0.4, -0.2) is 45.4 Å². The normalized spacial score (nSPS) is 12.8. The number of benzene rings is 3. The number of carbonyl (C=O) groups is 3. The molecule has 1 saturated carbocycles. The maximum absolute atomic E-state index is 14.1. The maximum Gasteiger partial charge on any atom is 0.245 e. The minimum Gasteiger partial charge on any atom is -0.350 e. The zero-order chi connectivity index (χ0) is 28.2. The summed E-state index contributed by atoms with van der Waals surface area (Å²) in [6.45, 7) is -0.394. The summed E-state index contributed by atoms with van der Waals surface area (Å²) in [5.74, 6) is -1.66. The number of nitrogens with one attached hydrogen (secondary N) is 2. The van der Waals surface area contributed by atoms with E-state index in [1.165, 1.54) is 45.8 Å². The maximum atomic E-state index is 14.1. The van der Waals surface area contributed by atoms with Crippen molar-refractivity contribution in [2.24, 2.45) is 0 Å². The molecule has 1 aliphatic rings. The van der Waals surface area contributed by atoms with Gasteiger partial charge in [0.2, 0.25) is 11.8 Å². The molecular weight excluding hydrogens is 560 g/mol. The van der Waals surface area contributed by atoms with Crippen LogP contribution in [-0.2, 0) is 22.7 Å². The molecule has 12 heteroatoms. The summed E-state index contributed by atoms with van der Waals surface area (Å²) in [4.78, 5) is 40.0. The third-order valence-corrected chi connectivity index (χ3v) is 7.54. The Morgan fingerprint density at radius 2 is 1.90 bits per heavy atom. The van der Waals surface area contributed by atoms with Gasteiger partial charge in [-0.15, -0.1) is 0 Å². The van der Waals surface area contributed by atoms with Crippen molar-refractivity contribution in [1.82, 2.24) is 20.0 Å². The summed E-state index contributed by atoms with van der Waals surface area (Å²) in [6, 6.07) is 15.8. The van der Waals surface area contributed by atoms with Crippen LogP contribution < -0.4 is 10.0 Å². The smallest absolute Gasteiger partial charge is 0.245 e. The lowest BCUT2D eigenvalue weighted by Crippen LogP contribution is -2.43. The Morgan fingerprint density at radius 1 is 1.12 bits per heavy atom. The highest BCUT2D eigenvalue weighted by molar-refractivity contribution is 8.00. The Labute approximate surface area is 237 Å². The molecule has 0 bridgehead atoms. The number of hydrogen-bond acceptors (Lipinski definition) is 6. The number of hydrogen-bond donors (Lipinski definition) is 2. The molecule has 4 aromatic rings. The van der Waals surface area contributed by atoms with Crippen LogP contribution in [0.2, 0.25) is 5.02 Å². The van der Waals surface area contributed by atoms with Crippen molar-refractivity contribution >= 4 is 58.2 Å². The van der Waals surface area contributed by atoms with Gasteiger partial charge < -0.3 is 14.9 Å². The van der Waals surface area contributed by atoms with Crippen molar-refractivity contribution < 1.29 is 23.2 Å². The van der Waals surface area contributed by atoms with Gasteiger partial charge in [-0.1, -0.05) is 23.7 Å². The second-order valence-electron chi connectivity index (χ2n) is 9.29. The third-order valence-electron chi connectivity index (χ3n) is 6.41. The second-order valence-corrected chi connectivity index (χ2v) is 10.6. The predicted octanol–water partition coefficient (Wildman–Crippen LogP) is 5.21. The van der Waals surface area contributed by atoms with Gasteiger partial charge >= 0.3 is 0 Å². The van der Waals surface area contributed by atoms with E-state index in [1.807, 2.05) is 0 Å². The monoisotopic (exact) mass is 583 g/mol. The SMILES string of the molecule is O=Cc1nn(CC(=O)N(CC(=O)NCc2cccc(Cl)c2F)C2CC2)c2ccc(NSc3ccc(F)cc3)cc12. The minimum absolute atomic E-state index is 0.0304. The van der Waals surface area contributed by atoms with Crippen molar-refractivity contribution in [2.75, 3.05) is 11.3 Å². The molecule has 206 valence electrons. The highest BCUT2D eigenvalue weighted by atomic mass is 35.5. The molecule has 2 amide bonds. The van der Waals surface area contributed by atoms with Gasteiger partial charge in [0.1, 0.15) is 23.9 Å². The van der Waals surface area contributed by atoms with Crippen molar-refractivity contribution in [3.05, 3.63) is 88.6 Å². The van der Waals surface area contributed by atoms with Crippen molar-refractivity contribution in [2.45, 2.75) is 36.9 Å². The van der Waals surface area contributed by atoms with Crippen molar-refractivity contribution in [3.8, 4) is 0 Å². The average Bonchev–Trinajstić information content (AvgIpc) is 3.74. The number of anilines is 1. The number of aldehydes is 1. The first-order valence-corrected chi connectivity index (χ1v) is 13.6. The van der Waals surface area contributed by atoms with Crippen LogP contribution in [0.5, 0.6) is 0 Å². The van der Waals surface area contributed by atoms with E-state index in [0.717, 1.165) is 17.7 Å². The Bertz CT molecular complexity index is 1580. The van der Waals surface area contributed by atoms with E-state index in [-0.39, 0.29) is 53.7 Å². The summed E-state index contributed by atoms with van der Waals surface area (Å²) in [6.07, 6.45) is 2.19. The third kappa shape index (κ3) is 6.43. The largest absolute Gasteiger partial charge is 0.350 e. The second kappa shape index (κ2) is 12.1. The molecule has 2 N–H and O–H groups in total. The summed E-state index contributed by atoms with van der Waals surface area (Å²) in [7, 11) is 0. The molecule has 1 aliphatic carbocycles. The Morgan fingerprint density at radius 3 is 2.62 bits per heavy atom. The first-order valence-electron chi connectivity index (χ1n) is 12.5. The van der Waals surface area contributed by atoms with Crippen LogP contribution in [0, 0.1) is 11.6 Å². The van der Waals surface area contributed by atoms with E-state index in [2.05, 4.69) is 15.1 Å². The number of halogens is 3. The van der Waals surface area contributed by atoms with E-state index < -0.39 is 11.7 Å². The Kier molecular flexibility index (Phi) is 8.32. The van der Waals surface area contributed by atoms with Gasteiger partial charge in [-0.3, -0.25) is 19.1 Å². The number of nitrogens with zero attached hydrogens (tertiary/aromatic N) is 3. The van der Waals surface area contributed by atoms with Crippen LogP contribution in [0.3, 0.4) is 0 Å². The molecule has 1 aromatic heterocycles. The molecule has 0 unspecified atom stereocenters. The van der Waals surface area contributed by atoms with Crippen molar-refractivity contribution in [3.63, 3.8) is 0 Å². The zero-order valence-corrected chi connectivity index (χ0v) is 22.6. The topological polar surface area (TPSA) is 96.3 Å². The molecule has 5 rings (SSSR count). The number of carbonyl (C=O) groups excluding carboxylic acids is 3. The quantitative estimate of drug-likeness (QED) is 0.186. The van der Waals surface area contributed by atoms with Crippen LogP contribution >= 0.6 is 23.5 Å². The molecule has 40 heavy (non-hydrogen) atoms. The van der Waals surface area contributed by atoms with Crippen molar-refractivity contribution in [1.29, 1.82) is 0 Å². The fourth-order valence-electron chi connectivity index (χ4n) is 4.21. The van der Waals surface area contributed by atoms with Gasteiger partial charge in [0.05, 0.1) is 17.1 Å².